The molecule has 0 aliphatic carbocycles. The highest BCUT2D eigenvalue weighted by atomic mass is 16.1. The second kappa shape index (κ2) is 11.3. The second-order valence-electron chi connectivity index (χ2n) is 8.81. The summed E-state index contributed by atoms with van der Waals surface area (Å²) in [5.74, 6) is 0.798. The summed E-state index contributed by atoms with van der Waals surface area (Å²) in [5, 5.41) is 20.7. The van der Waals surface area contributed by atoms with Crippen molar-refractivity contribution >= 4 is 29.0 Å². The minimum atomic E-state index is -0.148. The molecule has 3 aromatic heterocycles. The maximum Gasteiger partial charge on any atom is 0.253 e. The van der Waals surface area contributed by atoms with Gasteiger partial charge in [0, 0.05) is 35.2 Å². The fourth-order valence-electron chi connectivity index (χ4n) is 3.79. The van der Waals surface area contributed by atoms with Crippen LogP contribution in [-0.2, 0) is 6.54 Å². The zero-order valence-electron chi connectivity index (χ0n) is 21.1. The number of rotatable bonds is 10. The lowest BCUT2D eigenvalue weighted by molar-refractivity contribution is 0.0940. The molecule has 1 atom stereocenters. The largest absolute Gasteiger partial charge is 0.350 e. The van der Waals surface area contributed by atoms with Gasteiger partial charge >= 0.3 is 0 Å². The summed E-state index contributed by atoms with van der Waals surface area (Å²) in [6.07, 6.45) is 9.24. The molecular formula is C27H28N10O. The van der Waals surface area contributed by atoms with Gasteiger partial charge in [-0.25, -0.2) is 14.6 Å². The standard InChI is InChI=1S/C27H28N10O/c1-3-18(2)33-26(38)22-6-4-5-7-24(22)35-25-23(20-12-30-31-13-20)14-29-27(36-25)34-21-10-8-19(9-11-21)15-37-17-28-16-32-37/h4-14,16-18H,3,15H2,1-2H3,(H,30,31)(H,33,38)(H2,29,34,35,36). The van der Waals surface area contributed by atoms with Crippen LogP contribution >= 0.6 is 0 Å². The average molecular weight is 509 g/mol. The third kappa shape index (κ3) is 5.84. The fraction of sp³-hybridized carbons (Fsp3) is 0.185. The first-order valence-corrected chi connectivity index (χ1v) is 12.3. The molecule has 1 unspecified atom stereocenters. The Labute approximate surface area is 219 Å². The molecule has 3 heterocycles. The zero-order chi connectivity index (χ0) is 26.3. The lowest BCUT2D eigenvalue weighted by atomic mass is 10.1. The number of H-pyrrole nitrogens is 1. The van der Waals surface area contributed by atoms with Crippen molar-refractivity contribution in [3.63, 3.8) is 0 Å². The molecule has 5 aromatic rings. The van der Waals surface area contributed by atoms with E-state index in [1.165, 1.54) is 6.33 Å². The van der Waals surface area contributed by atoms with E-state index in [1.54, 1.807) is 35.7 Å². The SMILES string of the molecule is CCC(C)NC(=O)c1ccccc1Nc1nc(Nc2ccc(Cn3cncn3)cc2)ncc1-c1cn[nH]c1. The van der Waals surface area contributed by atoms with Gasteiger partial charge < -0.3 is 16.0 Å². The van der Waals surface area contributed by atoms with Crippen molar-refractivity contribution in [3.8, 4) is 11.1 Å². The van der Waals surface area contributed by atoms with Crippen LogP contribution in [0.1, 0.15) is 36.2 Å². The molecule has 0 saturated carbocycles. The minimum absolute atomic E-state index is 0.0644. The quantitative estimate of drug-likeness (QED) is 0.216. The van der Waals surface area contributed by atoms with Gasteiger partial charge in [-0.3, -0.25) is 9.89 Å². The number of para-hydroxylation sites is 1. The van der Waals surface area contributed by atoms with Crippen LogP contribution < -0.4 is 16.0 Å². The first-order chi connectivity index (χ1) is 18.6. The molecule has 1 amide bonds. The Morgan fingerprint density at radius 2 is 1.92 bits per heavy atom. The number of hydrogen-bond donors (Lipinski definition) is 4. The Bertz CT molecular complexity index is 1480. The van der Waals surface area contributed by atoms with E-state index in [1.807, 2.05) is 56.3 Å². The molecule has 0 aliphatic rings. The highest BCUT2D eigenvalue weighted by molar-refractivity contribution is 6.00. The number of aromatic nitrogens is 7. The summed E-state index contributed by atoms with van der Waals surface area (Å²) in [6.45, 7) is 4.65. The van der Waals surface area contributed by atoms with Gasteiger partial charge in [0.25, 0.3) is 5.91 Å². The van der Waals surface area contributed by atoms with E-state index >= 15 is 0 Å². The Balaban J connectivity index is 1.41. The zero-order valence-corrected chi connectivity index (χ0v) is 21.1. The molecule has 0 radical (unpaired) electrons. The molecule has 0 saturated heterocycles. The summed E-state index contributed by atoms with van der Waals surface area (Å²) in [5.41, 5.74) is 4.65. The molecule has 2 aromatic carbocycles. The Morgan fingerprint density at radius 3 is 2.66 bits per heavy atom. The number of carbonyl (C=O) groups is 1. The maximum atomic E-state index is 13.0. The third-order valence-electron chi connectivity index (χ3n) is 6.03. The Kier molecular flexibility index (Phi) is 7.34. The van der Waals surface area contributed by atoms with E-state index in [2.05, 4.69) is 41.2 Å². The van der Waals surface area contributed by atoms with E-state index < -0.39 is 0 Å². The summed E-state index contributed by atoms with van der Waals surface area (Å²) < 4.78 is 1.76. The third-order valence-corrected chi connectivity index (χ3v) is 6.03. The number of carbonyl (C=O) groups excluding carboxylic acids is 1. The van der Waals surface area contributed by atoms with Gasteiger partial charge in [0.2, 0.25) is 5.95 Å². The molecule has 5 rings (SSSR count). The van der Waals surface area contributed by atoms with Crippen LogP contribution in [0.25, 0.3) is 11.1 Å². The molecule has 0 fully saturated rings. The van der Waals surface area contributed by atoms with Gasteiger partial charge in [-0.15, -0.1) is 0 Å². The van der Waals surface area contributed by atoms with Crippen LogP contribution in [0.15, 0.2) is 79.8 Å². The highest BCUT2D eigenvalue weighted by Gasteiger charge is 2.16. The van der Waals surface area contributed by atoms with E-state index in [-0.39, 0.29) is 11.9 Å². The molecule has 0 bridgehead atoms. The van der Waals surface area contributed by atoms with E-state index in [9.17, 15) is 4.79 Å². The van der Waals surface area contributed by atoms with Gasteiger partial charge in [0.15, 0.2) is 0 Å². The molecule has 38 heavy (non-hydrogen) atoms. The summed E-state index contributed by atoms with van der Waals surface area (Å²) in [4.78, 5) is 26.2. The first kappa shape index (κ1) is 24.6. The van der Waals surface area contributed by atoms with E-state index in [0.717, 1.165) is 28.8 Å². The molecule has 192 valence electrons. The number of nitrogens with zero attached hydrogens (tertiary/aromatic N) is 6. The van der Waals surface area contributed by atoms with Gasteiger partial charge in [-0.1, -0.05) is 31.2 Å². The average Bonchev–Trinajstić information content (AvgIpc) is 3.65. The van der Waals surface area contributed by atoms with Crippen LogP contribution in [0.2, 0.25) is 0 Å². The Morgan fingerprint density at radius 1 is 1.08 bits per heavy atom. The van der Waals surface area contributed by atoms with Crippen LogP contribution in [-0.4, -0.2) is 46.9 Å². The van der Waals surface area contributed by atoms with E-state index in [0.29, 0.717) is 29.6 Å². The summed E-state index contributed by atoms with van der Waals surface area (Å²) in [7, 11) is 0. The predicted molar refractivity (Wildman–Crippen MR) is 145 cm³/mol. The minimum Gasteiger partial charge on any atom is -0.350 e. The normalized spacial score (nSPS) is 11.6. The molecular weight excluding hydrogens is 480 g/mol. The van der Waals surface area contributed by atoms with Crippen molar-refractivity contribution in [2.45, 2.75) is 32.9 Å². The molecule has 11 heteroatoms. The van der Waals surface area contributed by atoms with Crippen molar-refractivity contribution in [1.29, 1.82) is 0 Å². The monoisotopic (exact) mass is 508 g/mol. The smallest absolute Gasteiger partial charge is 0.253 e. The predicted octanol–water partition coefficient (Wildman–Crippen LogP) is 4.52. The number of hydrogen-bond acceptors (Lipinski definition) is 8. The number of benzene rings is 2. The highest BCUT2D eigenvalue weighted by Crippen LogP contribution is 2.30. The van der Waals surface area contributed by atoms with Crippen molar-refractivity contribution in [2.75, 3.05) is 10.6 Å². The van der Waals surface area contributed by atoms with Crippen molar-refractivity contribution in [1.82, 2.24) is 40.2 Å². The van der Waals surface area contributed by atoms with Gasteiger partial charge in [0.1, 0.15) is 18.5 Å². The van der Waals surface area contributed by atoms with Crippen molar-refractivity contribution in [2.24, 2.45) is 0 Å². The fourth-order valence-corrected chi connectivity index (χ4v) is 3.79. The van der Waals surface area contributed by atoms with E-state index in [4.69, 9.17) is 4.98 Å². The lowest BCUT2D eigenvalue weighted by Gasteiger charge is -2.16. The van der Waals surface area contributed by atoms with Crippen LogP contribution in [0.5, 0.6) is 0 Å². The van der Waals surface area contributed by atoms with Crippen LogP contribution in [0.3, 0.4) is 0 Å². The second-order valence-corrected chi connectivity index (χ2v) is 8.81. The van der Waals surface area contributed by atoms with Crippen molar-refractivity contribution in [3.05, 3.63) is 90.9 Å². The van der Waals surface area contributed by atoms with Crippen LogP contribution in [0.4, 0.5) is 23.1 Å². The molecule has 4 N–H and O–H groups in total. The van der Waals surface area contributed by atoms with Gasteiger partial charge in [-0.05, 0) is 43.2 Å². The number of amides is 1. The maximum absolute atomic E-state index is 13.0. The van der Waals surface area contributed by atoms with Gasteiger partial charge in [0.05, 0.1) is 24.0 Å². The number of anilines is 4. The first-order valence-electron chi connectivity index (χ1n) is 12.3. The molecule has 11 nitrogen and oxygen atoms in total. The lowest BCUT2D eigenvalue weighted by Crippen LogP contribution is -2.32. The van der Waals surface area contributed by atoms with Crippen LogP contribution in [0, 0.1) is 0 Å². The van der Waals surface area contributed by atoms with Gasteiger partial charge in [-0.2, -0.15) is 15.2 Å². The van der Waals surface area contributed by atoms with Crippen molar-refractivity contribution < 1.29 is 4.79 Å². The summed E-state index contributed by atoms with van der Waals surface area (Å²) >= 11 is 0. The summed E-state index contributed by atoms with van der Waals surface area (Å²) in [6, 6.07) is 15.4. The number of aromatic amines is 1. The molecule has 0 aliphatic heterocycles. The number of nitrogens with one attached hydrogen (secondary N) is 4. The topological polar surface area (TPSA) is 138 Å². The Hall–Kier alpha value is -5.06. The molecule has 0 spiro atoms.